The van der Waals surface area contributed by atoms with Crippen molar-refractivity contribution in [2.45, 2.75) is 45.8 Å². The van der Waals surface area contributed by atoms with Gasteiger partial charge in [-0.15, -0.1) is 0 Å². The van der Waals surface area contributed by atoms with Crippen LogP contribution in [0.4, 0.5) is 5.82 Å². The zero-order chi connectivity index (χ0) is 15.5. The molecule has 1 unspecified atom stereocenters. The van der Waals surface area contributed by atoms with Crippen molar-refractivity contribution in [3.63, 3.8) is 0 Å². The lowest BCUT2D eigenvalue weighted by molar-refractivity contribution is 0.181. The summed E-state index contributed by atoms with van der Waals surface area (Å²) in [6, 6.07) is 1.87. The van der Waals surface area contributed by atoms with E-state index in [2.05, 4.69) is 51.2 Å². The van der Waals surface area contributed by atoms with Gasteiger partial charge in [0.1, 0.15) is 23.8 Å². The first-order valence-electron chi connectivity index (χ1n) is 6.89. The van der Waals surface area contributed by atoms with Crippen molar-refractivity contribution in [1.29, 1.82) is 0 Å². The molecule has 2 N–H and O–H groups in total. The maximum atomic E-state index is 5.18. The largest absolute Gasteiger partial charge is 0.378 e. The van der Waals surface area contributed by atoms with E-state index in [9.17, 15) is 0 Å². The first-order valence-corrected chi connectivity index (χ1v) is 6.89. The third kappa shape index (κ3) is 3.98. The summed E-state index contributed by atoms with van der Waals surface area (Å²) in [5.74, 6) is 2.30. The molecule has 0 aliphatic carbocycles. The lowest BCUT2D eigenvalue weighted by atomic mass is 9.95. The molecule has 0 fully saturated rings. The van der Waals surface area contributed by atoms with Gasteiger partial charge in [0.15, 0.2) is 0 Å². The number of ether oxygens (including phenoxy) is 1. The van der Waals surface area contributed by atoms with Gasteiger partial charge in [0.05, 0.1) is 18.3 Å². The number of rotatable bonds is 5. The van der Waals surface area contributed by atoms with Gasteiger partial charge < -0.3 is 10.1 Å². The first-order chi connectivity index (χ1) is 9.90. The fourth-order valence-corrected chi connectivity index (χ4v) is 1.84. The van der Waals surface area contributed by atoms with Crippen LogP contribution in [-0.2, 0) is 16.8 Å². The lowest BCUT2D eigenvalue weighted by Gasteiger charge is -2.20. The van der Waals surface area contributed by atoms with Gasteiger partial charge in [0, 0.05) is 18.6 Å². The summed E-state index contributed by atoms with van der Waals surface area (Å²) in [6.07, 6.45) is 1.49. The van der Waals surface area contributed by atoms with Crippen LogP contribution in [0.25, 0.3) is 0 Å². The van der Waals surface area contributed by atoms with Crippen LogP contribution in [0.3, 0.4) is 0 Å². The summed E-state index contributed by atoms with van der Waals surface area (Å²) < 4.78 is 5.18. The summed E-state index contributed by atoms with van der Waals surface area (Å²) in [4.78, 5) is 13.3. The maximum absolute atomic E-state index is 5.18. The van der Waals surface area contributed by atoms with Crippen LogP contribution in [-0.4, -0.2) is 32.3 Å². The molecule has 0 amide bonds. The quantitative estimate of drug-likeness (QED) is 0.877. The van der Waals surface area contributed by atoms with E-state index >= 15 is 0 Å². The lowest BCUT2D eigenvalue weighted by Crippen LogP contribution is -2.19. The Morgan fingerprint density at radius 1 is 1.33 bits per heavy atom. The second-order valence-corrected chi connectivity index (χ2v) is 5.99. The van der Waals surface area contributed by atoms with Crippen molar-refractivity contribution >= 4 is 5.82 Å². The normalized spacial score (nSPS) is 13.2. The molecule has 2 aromatic heterocycles. The summed E-state index contributed by atoms with van der Waals surface area (Å²) in [6.45, 7) is 8.71. The molecule has 2 rings (SSSR count). The van der Waals surface area contributed by atoms with E-state index in [1.54, 1.807) is 7.11 Å². The Hall–Kier alpha value is -2.02. The molecule has 0 saturated heterocycles. The summed E-state index contributed by atoms with van der Waals surface area (Å²) in [5.41, 5.74) is 0.722. The smallest absolute Gasteiger partial charge is 0.146 e. The predicted molar refractivity (Wildman–Crippen MR) is 79.9 cm³/mol. The van der Waals surface area contributed by atoms with Crippen LogP contribution >= 0.6 is 0 Å². The number of nitrogens with zero attached hydrogens (tertiary/aromatic N) is 4. The van der Waals surface area contributed by atoms with Gasteiger partial charge in [-0.3, -0.25) is 5.10 Å². The zero-order valence-corrected chi connectivity index (χ0v) is 13.1. The van der Waals surface area contributed by atoms with Crippen LogP contribution in [0.15, 0.2) is 12.4 Å². The second kappa shape index (κ2) is 6.17. The molecule has 0 aliphatic rings. The molecule has 0 radical (unpaired) electrons. The van der Waals surface area contributed by atoms with E-state index in [1.165, 1.54) is 6.33 Å². The molecule has 0 aromatic carbocycles. The number of nitrogens with one attached hydrogen (secondary N) is 2. The maximum Gasteiger partial charge on any atom is 0.146 e. The SMILES string of the molecule is COCc1cc(NC(C)c2ncn[nH]2)nc(C(C)(C)C)n1. The molecule has 1 atom stereocenters. The van der Waals surface area contributed by atoms with Gasteiger partial charge in [0.25, 0.3) is 0 Å². The number of hydrogen-bond acceptors (Lipinski definition) is 6. The molecule has 2 heterocycles. The Morgan fingerprint density at radius 3 is 2.67 bits per heavy atom. The highest BCUT2D eigenvalue weighted by Crippen LogP contribution is 2.22. The number of anilines is 1. The molecule has 2 aromatic rings. The minimum Gasteiger partial charge on any atom is -0.378 e. The van der Waals surface area contributed by atoms with E-state index in [0.29, 0.717) is 6.61 Å². The number of H-pyrrole nitrogens is 1. The molecule has 7 nitrogen and oxygen atoms in total. The number of aromatic nitrogens is 5. The molecular weight excluding hydrogens is 268 g/mol. The van der Waals surface area contributed by atoms with E-state index in [0.717, 1.165) is 23.2 Å². The molecule has 0 saturated carbocycles. The minimum atomic E-state index is -0.129. The standard InChI is InChI=1S/C14H22N6O/c1-9(12-15-8-16-20-12)17-11-6-10(7-21-5)18-13(19-11)14(2,3)4/h6,8-9H,7H2,1-5H3,(H,15,16,20)(H,17,18,19). The Morgan fingerprint density at radius 2 is 2.10 bits per heavy atom. The molecule has 0 aliphatic heterocycles. The topological polar surface area (TPSA) is 88.6 Å². The molecular formula is C14H22N6O. The highest BCUT2D eigenvalue weighted by Gasteiger charge is 2.20. The van der Waals surface area contributed by atoms with Gasteiger partial charge in [0.2, 0.25) is 0 Å². The van der Waals surface area contributed by atoms with Gasteiger partial charge in [-0.1, -0.05) is 20.8 Å². The second-order valence-electron chi connectivity index (χ2n) is 5.99. The summed E-state index contributed by atoms with van der Waals surface area (Å²) >= 11 is 0. The van der Waals surface area contributed by atoms with Gasteiger partial charge in [-0.2, -0.15) is 5.10 Å². The van der Waals surface area contributed by atoms with E-state index in [4.69, 9.17) is 4.74 Å². The number of methoxy groups -OCH3 is 1. The van der Waals surface area contributed by atoms with Crippen LogP contribution in [0, 0.1) is 0 Å². The molecule has 114 valence electrons. The highest BCUT2D eigenvalue weighted by molar-refractivity contribution is 5.38. The van der Waals surface area contributed by atoms with Gasteiger partial charge >= 0.3 is 0 Å². The first kappa shape index (κ1) is 15.4. The predicted octanol–water partition coefficient (Wildman–Crippen LogP) is 2.21. The van der Waals surface area contributed by atoms with E-state index < -0.39 is 0 Å². The van der Waals surface area contributed by atoms with Crippen molar-refractivity contribution in [3.8, 4) is 0 Å². The van der Waals surface area contributed by atoms with Crippen molar-refractivity contribution in [2.24, 2.45) is 0 Å². The Bertz CT molecular complexity index is 576. The fraction of sp³-hybridized carbons (Fsp3) is 0.571. The summed E-state index contributed by atoms with van der Waals surface area (Å²) in [7, 11) is 1.66. The number of hydrogen-bond donors (Lipinski definition) is 2. The van der Waals surface area contributed by atoms with Gasteiger partial charge in [-0.25, -0.2) is 15.0 Å². The average molecular weight is 290 g/mol. The van der Waals surface area contributed by atoms with Crippen LogP contribution in [0.2, 0.25) is 0 Å². The number of aromatic amines is 1. The molecule has 0 spiro atoms. The minimum absolute atomic E-state index is 0.0226. The highest BCUT2D eigenvalue weighted by atomic mass is 16.5. The van der Waals surface area contributed by atoms with Crippen LogP contribution in [0.1, 0.15) is 51.1 Å². The van der Waals surface area contributed by atoms with Crippen molar-refractivity contribution < 1.29 is 4.74 Å². The monoisotopic (exact) mass is 290 g/mol. The van der Waals surface area contributed by atoms with Crippen molar-refractivity contribution in [1.82, 2.24) is 25.1 Å². The molecule has 0 bridgehead atoms. The molecule has 21 heavy (non-hydrogen) atoms. The van der Waals surface area contributed by atoms with Crippen molar-refractivity contribution in [3.05, 3.63) is 29.7 Å². The summed E-state index contributed by atoms with van der Waals surface area (Å²) in [5, 5.41) is 10.0. The van der Waals surface area contributed by atoms with Crippen LogP contribution < -0.4 is 5.32 Å². The third-order valence-electron chi connectivity index (χ3n) is 2.95. The Labute approximate surface area is 124 Å². The fourth-order valence-electron chi connectivity index (χ4n) is 1.84. The van der Waals surface area contributed by atoms with Gasteiger partial charge in [-0.05, 0) is 6.92 Å². The Kier molecular flexibility index (Phi) is 4.52. The van der Waals surface area contributed by atoms with Crippen LogP contribution in [0.5, 0.6) is 0 Å². The van der Waals surface area contributed by atoms with E-state index in [1.807, 2.05) is 13.0 Å². The van der Waals surface area contributed by atoms with E-state index in [-0.39, 0.29) is 11.5 Å². The molecule has 7 heteroatoms. The van der Waals surface area contributed by atoms with Crippen molar-refractivity contribution in [2.75, 3.05) is 12.4 Å². The Balaban J connectivity index is 2.27. The zero-order valence-electron chi connectivity index (χ0n) is 13.1. The average Bonchev–Trinajstić information content (AvgIpc) is 2.91. The third-order valence-corrected chi connectivity index (χ3v) is 2.95.